The molecular weight excluding hydrogens is 202 g/mol. The molecule has 0 spiro atoms. The van der Waals surface area contributed by atoms with Crippen LogP contribution in [-0.2, 0) is 0 Å². The third-order valence-corrected chi connectivity index (χ3v) is 5.18. The van der Waals surface area contributed by atoms with Crippen molar-refractivity contribution in [3.63, 3.8) is 0 Å². The normalized spacial score (nSPS) is 31.2. The molecule has 2 heteroatoms. The van der Waals surface area contributed by atoms with Gasteiger partial charge in [-0.15, -0.1) is 0 Å². The Bertz CT molecular complexity index is 199. The number of thiol groups is 1. The second kappa shape index (κ2) is 5.09. The van der Waals surface area contributed by atoms with Crippen LogP contribution in [0.4, 0.5) is 0 Å². The van der Waals surface area contributed by atoms with Crippen molar-refractivity contribution in [2.75, 3.05) is 18.8 Å². The SMILES string of the molecule is CCC1CCCN1CC1(CS)CCCC1. The molecule has 2 rings (SSSR count). The van der Waals surface area contributed by atoms with E-state index in [9.17, 15) is 0 Å². The van der Waals surface area contributed by atoms with E-state index >= 15 is 0 Å². The molecule has 88 valence electrons. The quantitative estimate of drug-likeness (QED) is 0.721. The van der Waals surface area contributed by atoms with Crippen molar-refractivity contribution in [1.82, 2.24) is 4.90 Å². The Balaban J connectivity index is 1.94. The Labute approximate surface area is 100 Å². The molecule has 1 nitrogen and oxygen atoms in total. The Morgan fingerprint density at radius 1 is 1.27 bits per heavy atom. The van der Waals surface area contributed by atoms with E-state index in [0.717, 1.165) is 11.8 Å². The number of nitrogens with zero attached hydrogens (tertiary/aromatic N) is 1. The van der Waals surface area contributed by atoms with E-state index < -0.39 is 0 Å². The lowest BCUT2D eigenvalue weighted by molar-refractivity contribution is 0.156. The summed E-state index contributed by atoms with van der Waals surface area (Å²) in [5.74, 6) is 1.10. The highest BCUT2D eigenvalue weighted by Gasteiger charge is 2.36. The maximum Gasteiger partial charge on any atom is 0.00933 e. The minimum Gasteiger partial charge on any atom is -0.300 e. The van der Waals surface area contributed by atoms with Gasteiger partial charge >= 0.3 is 0 Å². The standard InChI is InChI=1S/C13H25NS/c1-2-12-6-5-9-14(12)10-13(11-15)7-3-4-8-13/h12,15H,2-11H2,1H3. The molecule has 0 aromatic heterocycles. The second-order valence-electron chi connectivity index (χ2n) is 5.54. The highest BCUT2D eigenvalue weighted by molar-refractivity contribution is 7.80. The molecule has 2 aliphatic rings. The first-order valence-electron chi connectivity index (χ1n) is 6.64. The van der Waals surface area contributed by atoms with E-state index in [1.807, 2.05) is 0 Å². The first-order valence-corrected chi connectivity index (χ1v) is 7.28. The van der Waals surface area contributed by atoms with Crippen LogP contribution in [0.3, 0.4) is 0 Å². The Kier molecular flexibility index (Phi) is 4.00. The topological polar surface area (TPSA) is 3.24 Å². The molecule has 0 bridgehead atoms. The highest BCUT2D eigenvalue weighted by atomic mass is 32.1. The molecule has 1 aliphatic heterocycles. The van der Waals surface area contributed by atoms with Crippen LogP contribution in [0.5, 0.6) is 0 Å². The first-order chi connectivity index (χ1) is 7.29. The van der Waals surface area contributed by atoms with E-state index in [4.69, 9.17) is 0 Å². The smallest absolute Gasteiger partial charge is 0.00933 e. The van der Waals surface area contributed by atoms with Crippen molar-refractivity contribution in [3.8, 4) is 0 Å². The van der Waals surface area contributed by atoms with Crippen LogP contribution in [0.1, 0.15) is 51.9 Å². The van der Waals surface area contributed by atoms with Gasteiger partial charge in [-0.2, -0.15) is 12.6 Å². The first kappa shape index (κ1) is 11.8. The van der Waals surface area contributed by atoms with Crippen LogP contribution in [0.15, 0.2) is 0 Å². The van der Waals surface area contributed by atoms with Crippen LogP contribution in [0, 0.1) is 5.41 Å². The van der Waals surface area contributed by atoms with E-state index in [2.05, 4.69) is 24.5 Å². The van der Waals surface area contributed by atoms with Crippen molar-refractivity contribution in [3.05, 3.63) is 0 Å². The minimum atomic E-state index is 0.570. The maximum absolute atomic E-state index is 4.61. The lowest BCUT2D eigenvalue weighted by Gasteiger charge is -2.35. The molecule has 1 saturated heterocycles. The number of hydrogen-bond donors (Lipinski definition) is 1. The summed E-state index contributed by atoms with van der Waals surface area (Å²) in [6.07, 6.45) is 9.90. The van der Waals surface area contributed by atoms with Gasteiger partial charge < -0.3 is 0 Å². The number of rotatable bonds is 4. The monoisotopic (exact) mass is 227 g/mol. The van der Waals surface area contributed by atoms with E-state index in [-0.39, 0.29) is 0 Å². The predicted molar refractivity (Wildman–Crippen MR) is 69.6 cm³/mol. The molecule has 1 atom stereocenters. The summed E-state index contributed by atoms with van der Waals surface area (Å²) >= 11 is 4.61. The molecule has 1 saturated carbocycles. The summed E-state index contributed by atoms with van der Waals surface area (Å²) in [7, 11) is 0. The second-order valence-corrected chi connectivity index (χ2v) is 5.86. The zero-order valence-electron chi connectivity index (χ0n) is 10.0. The van der Waals surface area contributed by atoms with Gasteiger partial charge in [0.25, 0.3) is 0 Å². The van der Waals surface area contributed by atoms with Gasteiger partial charge in [-0.25, -0.2) is 0 Å². The Morgan fingerprint density at radius 2 is 2.00 bits per heavy atom. The fourth-order valence-electron chi connectivity index (χ4n) is 3.49. The zero-order valence-corrected chi connectivity index (χ0v) is 10.9. The summed E-state index contributed by atoms with van der Waals surface area (Å²) in [6, 6.07) is 0.877. The van der Waals surface area contributed by atoms with Gasteiger partial charge in [-0.05, 0) is 49.8 Å². The van der Waals surface area contributed by atoms with Crippen molar-refractivity contribution in [2.45, 2.75) is 57.9 Å². The fraction of sp³-hybridized carbons (Fsp3) is 1.00. The van der Waals surface area contributed by atoms with Gasteiger partial charge in [0.2, 0.25) is 0 Å². The van der Waals surface area contributed by atoms with Crippen LogP contribution in [0.2, 0.25) is 0 Å². The molecular formula is C13H25NS. The lowest BCUT2D eigenvalue weighted by Crippen LogP contribution is -2.40. The van der Waals surface area contributed by atoms with Crippen molar-refractivity contribution < 1.29 is 0 Å². The van der Waals surface area contributed by atoms with Crippen LogP contribution in [0.25, 0.3) is 0 Å². The van der Waals surface area contributed by atoms with Crippen LogP contribution < -0.4 is 0 Å². The largest absolute Gasteiger partial charge is 0.300 e. The Morgan fingerprint density at radius 3 is 2.60 bits per heavy atom. The fourth-order valence-corrected chi connectivity index (χ4v) is 3.90. The average Bonchev–Trinajstić information content (AvgIpc) is 2.88. The van der Waals surface area contributed by atoms with Gasteiger partial charge in [0.15, 0.2) is 0 Å². The van der Waals surface area contributed by atoms with Gasteiger partial charge in [0, 0.05) is 12.6 Å². The van der Waals surface area contributed by atoms with E-state index in [1.54, 1.807) is 0 Å². The van der Waals surface area contributed by atoms with Crippen LogP contribution >= 0.6 is 12.6 Å². The molecule has 1 aliphatic carbocycles. The van der Waals surface area contributed by atoms with Gasteiger partial charge in [0.05, 0.1) is 0 Å². The molecule has 1 heterocycles. The van der Waals surface area contributed by atoms with Crippen molar-refractivity contribution in [2.24, 2.45) is 5.41 Å². The van der Waals surface area contributed by atoms with E-state index in [0.29, 0.717) is 5.41 Å². The summed E-state index contributed by atoms with van der Waals surface area (Å²) < 4.78 is 0. The molecule has 0 amide bonds. The molecule has 0 aromatic rings. The molecule has 0 N–H and O–H groups in total. The average molecular weight is 227 g/mol. The Hall–Kier alpha value is 0.310. The molecule has 2 fully saturated rings. The summed E-state index contributed by atoms with van der Waals surface area (Å²) in [4.78, 5) is 2.75. The molecule has 1 unspecified atom stereocenters. The minimum absolute atomic E-state index is 0.570. The van der Waals surface area contributed by atoms with E-state index in [1.165, 1.54) is 58.0 Å². The van der Waals surface area contributed by atoms with Crippen molar-refractivity contribution in [1.29, 1.82) is 0 Å². The third-order valence-electron chi connectivity index (χ3n) is 4.51. The zero-order chi connectivity index (χ0) is 10.7. The van der Waals surface area contributed by atoms with Crippen LogP contribution in [-0.4, -0.2) is 29.8 Å². The van der Waals surface area contributed by atoms with Gasteiger partial charge in [0.1, 0.15) is 0 Å². The number of hydrogen-bond acceptors (Lipinski definition) is 2. The molecule has 0 radical (unpaired) electrons. The van der Waals surface area contributed by atoms with Gasteiger partial charge in [-0.3, -0.25) is 4.90 Å². The third kappa shape index (κ3) is 2.52. The lowest BCUT2D eigenvalue weighted by atomic mass is 9.87. The number of likely N-dealkylation sites (tertiary alicyclic amines) is 1. The summed E-state index contributed by atoms with van der Waals surface area (Å²) in [6.45, 7) is 5.01. The van der Waals surface area contributed by atoms with Gasteiger partial charge in [-0.1, -0.05) is 19.8 Å². The summed E-state index contributed by atoms with van der Waals surface area (Å²) in [5, 5.41) is 0. The molecule has 0 aromatic carbocycles. The highest BCUT2D eigenvalue weighted by Crippen LogP contribution is 2.41. The van der Waals surface area contributed by atoms with Crippen molar-refractivity contribution >= 4 is 12.6 Å². The maximum atomic E-state index is 4.61. The molecule has 15 heavy (non-hydrogen) atoms. The predicted octanol–water partition coefficient (Wildman–Crippen LogP) is 3.35. The summed E-state index contributed by atoms with van der Waals surface area (Å²) in [5.41, 5.74) is 0.570.